The van der Waals surface area contributed by atoms with Crippen LogP contribution in [-0.4, -0.2) is 31.8 Å². The Morgan fingerprint density at radius 1 is 0.758 bits per heavy atom. The minimum absolute atomic E-state index is 0.0470. The molecule has 1 heterocycles. The SMILES string of the molecule is CSc1ccc(COCC2=C[C@@H]3O[C@]3(COCc3ccc(SC)cc3)c3ccccc32)cc1. The van der Waals surface area contributed by atoms with Crippen molar-refractivity contribution in [1.29, 1.82) is 0 Å². The first-order chi connectivity index (χ1) is 16.2. The normalized spacial score (nSPS) is 20.7. The van der Waals surface area contributed by atoms with Crippen molar-refractivity contribution < 1.29 is 14.2 Å². The molecule has 3 nitrogen and oxygen atoms in total. The highest BCUT2D eigenvalue weighted by Crippen LogP contribution is 2.53. The Balaban J connectivity index is 1.21. The highest BCUT2D eigenvalue weighted by atomic mass is 32.2. The van der Waals surface area contributed by atoms with Crippen LogP contribution in [0.25, 0.3) is 5.57 Å². The number of hydrogen-bond acceptors (Lipinski definition) is 5. The molecule has 170 valence electrons. The van der Waals surface area contributed by atoms with Gasteiger partial charge in [-0.05, 0) is 70.7 Å². The van der Waals surface area contributed by atoms with Crippen molar-refractivity contribution in [1.82, 2.24) is 0 Å². The van der Waals surface area contributed by atoms with Crippen molar-refractivity contribution in [2.45, 2.75) is 34.7 Å². The molecule has 0 saturated carbocycles. The van der Waals surface area contributed by atoms with Gasteiger partial charge in [0.2, 0.25) is 0 Å². The molecule has 1 aliphatic heterocycles. The molecule has 0 N–H and O–H groups in total. The fourth-order valence-corrected chi connectivity index (χ4v) is 5.16. The Bertz CT molecular complexity index is 1120. The lowest BCUT2D eigenvalue weighted by Gasteiger charge is -2.23. The molecule has 0 radical (unpaired) electrons. The zero-order chi connectivity index (χ0) is 22.7. The topological polar surface area (TPSA) is 31.0 Å². The van der Waals surface area contributed by atoms with E-state index in [1.165, 1.54) is 37.6 Å². The minimum Gasteiger partial charge on any atom is -0.373 e. The van der Waals surface area contributed by atoms with E-state index < -0.39 is 0 Å². The van der Waals surface area contributed by atoms with Crippen LogP contribution in [0.4, 0.5) is 0 Å². The van der Waals surface area contributed by atoms with Crippen molar-refractivity contribution in [3.8, 4) is 0 Å². The average molecular weight is 477 g/mol. The van der Waals surface area contributed by atoms with Crippen molar-refractivity contribution in [2.24, 2.45) is 0 Å². The third-order valence-corrected chi connectivity index (χ3v) is 7.74. The Kier molecular flexibility index (Phi) is 6.95. The summed E-state index contributed by atoms with van der Waals surface area (Å²) in [5.41, 5.74) is 5.61. The van der Waals surface area contributed by atoms with E-state index in [4.69, 9.17) is 14.2 Å². The number of hydrogen-bond donors (Lipinski definition) is 0. The Labute approximate surface area is 204 Å². The van der Waals surface area contributed by atoms with E-state index in [9.17, 15) is 0 Å². The van der Waals surface area contributed by atoms with Gasteiger partial charge in [-0.2, -0.15) is 0 Å². The molecule has 5 rings (SSSR count). The summed E-state index contributed by atoms with van der Waals surface area (Å²) < 4.78 is 18.4. The van der Waals surface area contributed by atoms with Crippen LogP contribution in [0.5, 0.6) is 0 Å². The molecule has 2 atom stereocenters. The summed E-state index contributed by atoms with van der Waals surface area (Å²) in [7, 11) is 0. The van der Waals surface area contributed by atoms with Crippen LogP contribution >= 0.6 is 23.5 Å². The quantitative estimate of drug-likeness (QED) is 0.244. The highest BCUT2D eigenvalue weighted by Gasteiger charge is 2.59. The van der Waals surface area contributed by atoms with Crippen molar-refractivity contribution in [2.75, 3.05) is 25.7 Å². The smallest absolute Gasteiger partial charge is 0.147 e. The lowest BCUT2D eigenvalue weighted by molar-refractivity contribution is 0.0665. The van der Waals surface area contributed by atoms with E-state index in [0.717, 1.165) is 0 Å². The van der Waals surface area contributed by atoms with Gasteiger partial charge < -0.3 is 14.2 Å². The zero-order valence-electron chi connectivity index (χ0n) is 19.0. The maximum Gasteiger partial charge on any atom is 0.147 e. The third-order valence-electron chi connectivity index (χ3n) is 6.25. The van der Waals surface area contributed by atoms with E-state index in [2.05, 4.69) is 91.4 Å². The second-order valence-corrected chi connectivity index (χ2v) is 10.1. The monoisotopic (exact) mass is 476 g/mol. The van der Waals surface area contributed by atoms with Gasteiger partial charge in [0.05, 0.1) is 26.4 Å². The molecular formula is C28H28O3S2. The molecular weight excluding hydrogens is 448 g/mol. The first kappa shape index (κ1) is 22.8. The molecule has 2 aliphatic rings. The molecule has 0 amide bonds. The average Bonchev–Trinajstić information content (AvgIpc) is 3.59. The predicted octanol–water partition coefficient (Wildman–Crippen LogP) is 6.56. The molecule has 3 aromatic rings. The first-order valence-corrected chi connectivity index (χ1v) is 13.6. The van der Waals surface area contributed by atoms with Crippen molar-refractivity contribution >= 4 is 29.1 Å². The second-order valence-electron chi connectivity index (χ2n) is 8.35. The lowest BCUT2D eigenvalue weighted by atomic mass is 9.83. The summed E-state index contributed by atoms with van der Waals surface area (Å²) in [6.07, 6.45) is 6.44. The van der Waals surface area contributed by atoms with Crippen LogP contribution in [-0.2, 0) is 33.0 Å². The van der Waals surface area contributed by atoms with Gasteiger partial charge in [-0.15, -0.1) is 23.5 Å². The van der Waals surface area contributed by atoms with Gasteiger partial charge in [0, 0.05) is 9.79 Å². The van der Waals surface area contributed by atoms with Gasteiger partial charge >= 0.3 is 0 Å². The lowest BCUT2D eigenvalue weighted by Crippen LogP contribution is -2.25. The summed E-state index contributed by atoms with van der Waals surface area (Å²) in [6.45, 7) is 2.30. The maximum atomic E-state index is 6.22. The van der Waals surface area contributed by atoms with Gasteiger partial charge in [0.25, 0.3) is 0 Å². The molecule has 5 heteroatoms. The molecule has 1 saturated heterocycles. The third kappa shape index (κ3) is 4.93. The van der Waals surface area contributed by atoms with Crippen LogP contribution in [0, 0.1) is 0 Å². The van der Waals surface area contributed by atoms with E-state index >= 15 is 0 Å². The molecule has 0 aromatic heterocycles. The maximum absolute atomic E-state index is 6.22. The number of fused-ring (bicyclic) bond motifs is 3. The van der Waals surface area contributed by atoms with Gasteiger partial charge in [-0.3, -0.25) is 0 Å². The predicted molar refractivity (Wildman–Crippen MR) is 137 cm³/mol. The van der Waals surface area contributed by atoms with Crippen LogP contribution in [0.1, 0.15) is 22.3 Å². The van der Waals surface area contributed by atoms with Crippen LogP contribution in [0.3, 0.4) is 0 Å². The summed E-state index contributed by atoms with van der Waals surface area (Å²) in [6, 6.07) is 25.6. The van der Waals surface area contributed by atoms with Gasteiger partial charge in [-0.1, -0.05) is 48.5 Å². The number of benzene rings is 3. The van der Waals surface area contributed by atoms with E-state index in [0.29, 0.717) is 26.4 Å². The molecule has 3 aromatic carbocycles. The molecule has 0 bridgehead atoms. The van der Waals surface area contributed by atoms with Crippen LogP contribution in [0.15, 0.2) is 88.7 Å². The molecule has 33 heavy (non-hydrogen) atoms. The summed E-state index contributed by atoms with van der Waals surface area (Å²) in [5, 5.41) is 0. The fourth-order valence-electron chi connectivity index (χ4n) is 4.35. The van der Waals surface area contributed by atoms with E-state index in [1.807, 2.05) is 0 Å². The van der Waals surface area contributed by atoms with Crippen molar-refractivity contribution in [3.05, 3.63) is 101 Å². The summed E-state index contributed by atoms with van der Waals surface area (Å²) in [5.74, 6) is 0. The fraction of sp³-hybridized carbons (Fsp3) is 0.286. The van der Waals surface area contributed by atoms with Crippen LogP contribution in [0.2, 0.25) is 0 Å². The number of epoxide rings is 1. The van der Waals surface area contributed by atoms with E-state index in [1.54, 1.807) is 23.5 Å². The Hall–Kier alpha value is -2.02. The van der Waals surface area contributed by atoms with Gasteiger partial charge in [0.15, 0.2) is 0 Å². The standard InChI is InChI=1S/C28H28O3S2/c1-32-23-11-7-20(8-12-23)16-29-18-22-15-27-28(31-27,26-6-4-3-5-25(22)26)19-30-17-21-9-13-24(33-2)14-10-21/h3-15,27H,16-19H2,1-2H3/t27-,28+/m0/s1. The van der Waals surface area contributed by atoms with Gasteiger partial charge in [0.1, 0.15) is 11.7 Å². The number of thioether (sulfide) groups is 2. The molecule has 1 fully saturated rings. The van der Waals surface area contributed by atoms with Crippen molar-refractivity contribution in [3.63, 3.8) is 0 Å². The first-order valence-electron chi connectivity index (χ1n) is 11.1. The Morgan fingerprint density at radius 3 is 2.00 bits per heavy atom. The number of ether oxygens (including phenoxy) is 3. The summed E-state index contributed by atoms with van der Waals surface area (Å²) >= 11 is 3.50. The van der Waals surface area contributed by atoms with E-state index in [-0.39, 0.29) is 11.7 Å². The second kappa shape index (κ2) is 10.1. The largest absolute Gasteiger partial charge is 0.373 e. The van der Waals surface area contributed by atoms with Gasteiger partial charge in [-0.25, -0.2) is 0 Å². The molecule has 0 spiro atoms. The Morgan fingerprint density at radius 2 is 1.36 bits per heavy atom. The number of rotatable bonds is 10. The molecule has 1 aliphatic carbocycles. The minimum atomic E-state index is -0.368. The molecule has 0 unspecified atom stereocenters. The summed E-state index contributed by atoms with van der Waals surface area (Å²) in [4.78, 5) is 2.53. The highest BCUT2D eigenvalue weighted by molar-refractivity contribution is 7.98. The zero-order valence-corrected chi connectivity index (χ0v) is 20.6. The van der Waals surface area contributed by atoms with Crippen LogP contribution < -0.4 is 0 Å².